The van der Waals surface area contributed by atoms with Gasteiger partial charge in [0.05, 0.1) is 0 Å². The highest BCUT2D eigenvalue weighted by Gasteiger charge is 1.99. The van der Waals surface area contributed by atoms with E-state index >= 15 is 0 Å². The van der Waals surface area contributed by atoms with E-state index in [-0.39, 0.29) is 0 Å². The van der Waals surface area contributed by atoms with Crippen LogP contribution < -0.4 is 0 Å². The Morgan fingerprint density at radius 3 is 1.13 bits per heavy atom. The minimum atomic E-state index is 1.10. The molecule has 0 aliphatic rings. The summed E-state index contributed by atoms with van der Waals surface area (Å²) in [6, 6.07) is 33.8. The quantitative estimate of drug-likeness (QED) is 0.232. The molecule has 4 rings (SSSR count). The van der Waals surface area contributed by atoms with Gasteiger partial charge >= 0.3 is 0 Å². The van der Waals surface area contributed by atoms with Gasteiger partial charge in [0.1, 0.15) is 0 Å². The molecule has 0 radical (unpaired) electrons. The molecular weight excluding hydrogens is 496 g/mol. The molecule has 0 atom stereocenters. The van der Waals surface area contributed by atoms with Crippen LogP contribution in [0.3, 0.4) is 0 Å². The summed E-state index contributed by atoms with van der Waals surface area (Å²) in [4.78, 5) is 0. The van der Waals surface area contributed by atoms with E-state index in [1.54, 1.807) is 0 Å². The first-order valence-electron chi connectivity index (χ1n) is 9.75. The maximum atomic E-state index is 3.59. The van der Waals surface area contributed by atoms with Crippen LogP contribution >= 0.6 is 31.9 Å². The normalized spacial score (nSPS) is 11.4. The first-order valence-corrected chi connectivity index (χ1v) is 11.3. The van der Waals surface area contributed by atoms with Crippen molar-refractivity contribution < 1.29 is 0 Å². The fraction of sp³-hybridized carbons (Fsp3) is 0. The molecule has 0 saturated heterocycles. The molecule has 4 aromatic rings. The van der Waals surface area contributed by atoms with Crippen molar-refractivity contribution in [3.8, 4) is 11.1 Å². The second-order valence-corrected chi connectivity index (χ2v) is 8.66. The number of halogens is 2. The summed E-state index contributed by atoms with van der Waals surface area (Å²) < 4.78 is 2.21. The second-order valence-electron chi connectivity index (χ2n) is 6.95. The predicted octanol–water partition coefficient (Wildman–Crippen LogP) is 9.22. The lowest BCUT2D eigenvalue weighted by Crippen LogP contribution is -1.80. The Hall–Kier alpha value is -2.68. The lowest BCUT2D eigenvalue weighted by atomic mass is 10.0. The predicted molar refractivity (Wildman–Crippen MR) is 138 cm³/mol. The Balaban J connectivity index is 1.46. The highest BCUT2D eigenvalue weighted by molar-refractivity contribution is 9.10. The van der Waals surface area contributed by atoms with E-state index in [4.69, 9.17) is 0 Å². The van der Waals surface area contributed by atoms with Crippen LogP contribution in [0.1, 0.15) is 22.3 Å². The fourth-order valence-corrected chi connectivity index (χ4v) is 4.00. The lowest BCUT2D eigenvalue weighted by molar-refractivity contribution is 1.58. The van der Waals surface area contributed by atoms with Gasteiger partial charge in [-0.15, -0.1) is 0 Å². The third kappa shape index (κ3) is 5.27. The third-order valence-corrected chi connectivity index (χ3v) is 6.32. The zero-order valence-corrected chi connectivity index (χ0v) is 19.5. The fourth-order valence-electron chi connectivity index (χ4n) is 3.17. The van der Waals surface area contributed by atoms with Crippen molar-refractivity contribution in [2.45, 2.75) is 0 Å². The monoisotopic (exact) mass is 514 g/mol. The van der Waals surface area contributed by atoms with Gasteiger partial charge in [0.25, 0.3) is 0 Å². The Bertz CT molecular complexity index is 1090. The standard InChI is InChI=1S/C28H20Br2/c29-27-7-3-1-5-25(27)19-13-21-9-15-23(16-10-21)24-17-11-22(12-18-24)14-20-26-6-2-4-8-28(26)30/h1-20H/b19-13+,20-14+. The molecular formula is C28H20Br2. The topological polar surface area (TPSA) is 0 Å². The van der Waals surface area contributed by atoms with Crippen LogP contribution in [0, 0.1) is 0 Å². The third-order valence-electron chi connectivity index (χ3n) is 4.88. The van der Waals surface area contributed by atoms with Crippen molar-refractivity contribution in [3.05, 3.63) is 128 Å². The SMILES string of the molecule is Brc1ccccc1/C=C/c1ccc(-c2ccc(/C=C/c3ccccc3Br)cc2)cc1. The summed E-state index contributed by atoms with van der Waals surface area (Å²) >= 11 is 7.17. The Morgan fingerprint density at radius 1 is 0.400 bits per heavy atom. The van der Waals surface area contributed by atoms with Crippen LogP contribution in [0.2, 0.25) is 0 Å². The number of hydrogen-bond donors (Lipinski definition) is 0. The summed E-state index contributed by atoms with van der Waals surface area (Å²) in [5.41, 5.74) is 7.15. The van der Waals surface area contributed by atoms with Crippen LogP contribution in [0.15, 0.2) is 106 Å². The van der Waals surface area contributed by atoms with Crippen molar-refractivity contribution in [3.63, 3.8) is 0 Å². The maximum Gasteiger partial charge on any atom is 0.0247 e. The zero-order chi connectivity index (χ0) is 20.8. The van der Waals surface area contributed by atoms with Crippen molar-refractivity contribution in [1.82, 2.24) is 0 Å². The van der Waals surface area contributed by atoms with E-state index in [1.807, 2.05) is 24.3 Å². The number of benzene rings is 4. The highest BCUT2D eigenvalue weighted by atomic mass is 79.9. The van der Waals surface area contributed by atoms with Crippen LogP contribution in [-0.2, 0) is 0 Å². The molecule has 0 heterocycles. The van der Waals surface area contributed by atoms with Crippen LogP contribution in [0.4, 0.5) is 0 Å². The molecule has 146 valence electrons. The molecule has 30 heavy (non-hydrogen) atoms. The number of hydrogen-bond acceptors (Lipinski definition) is 0. The number of rotatable bonds is 5. The molecule has 0 saturated carbocycles. The van der Waals surface area contributed by atoms with Gasteiger partial charge in [-0.05, 0) is 45.5 Å². The average Bonchev–Trinajstić information content (AvgIpc) is 2.79. The van der Waals surface area contributed by atoms with Gasteiger partial charge in [-0.25, -0.2) is 0 Å². The van der Waals surface area contributed by atoms with Crippen LogP contribution in [0.5, 0.6) is 0 Å². The van der Waals surface area contributed by atoms with Crippen LogP contribution in [-0.4, -0.2) is 0 Å². The smallest absolute Gasteiger partial charge is 0.0247 e. The molecule has 0 fully saturated rings. The Kier molecular flexibility index (Phi) is 6.78. The summed E-state index contributed by atoms with van der Waals surface area (Å²) in [5.74, 6) is 0. The Morgan fingerprint density at radius 2 is 0.767 bits per heavy atom. The highest BCUT2D eigenvalue weighted by Crippen LogP contribution is 2.24. The molecule has 0 aromatic heterocycles. The minimum absolute atomic E-state index is 1.10. The van der Waals surface area contributed by atoms with Crippen molar-refractivity contribution >= 4 is 56.2 Å². The van der Waals surface area contributed by atoms with Gasteiger partial charge in [0, 0.05) is 8.95 Å². The van der Waals surface area contributed by atoms with E-state index in [0.29, 0.717) is 0 Å². The van der Waals surface area contributed by atoms with Gasteiger partial charge in [0.15, 0.2) is 0 Å². The lowest BCUT2D eigenvalue weighted by Gasteiger charge is -2.04. The summed E-state index contributed by atoms with van der Waals surface area (Å²) in [6.45, 7) is 0. The van der Waals surface area contributed by atoms with Crippen LogP contribution in [0.25, 0.3) is 35.4 Å². The second kappa shape index (κ2) is 9.88. The van der Waals surface area contributed by atoms with Gasteiger partial charge in [-0.3, -0.25) is 0 Å². The molecule has 0 aliphatic heterocycles. The summed E-state index contributed by atoms with van der Waals surface area (Å²) in [6.07, 6.45) is 8.54. The first-order chi connectivity index (χ1) is 14.7. The molecule has 4 aromatic carbocycles. The van der Waals surface area contributed by atoms with E-state index in [0.717, 1.165) is 8.95 Å². The van der Waals surface area contributed by atoms with E-state index in [1.165, 1.54) is 33.4 Å². The Labute approximate surface area is 194 Å². The molecule has 0 nitrogen and oxygen atoms in total. The van der Waals surface area contributed by atoms with Crippen molar-refractivity contribution in [2.24, 2.45) is 0 Å². The van der Waals surface area contributed by atoms with Gasteiger partial charge in [-0.2, -0.15) is 0 Å². The molecule has 0 aliphatic carbocycles. The minimum Gasteiger partial charge on any atom is -0.0616 e. The first kappa shape index (κ1) is 20.6. The van der Waals surface area contributed by atoms with Crippen molar-refractivity contribution in [2.75, 3.05) is 0 Å². The molecule has 0 spiro atoms. The maximum absolute atomic E-state index is 3.59. The van der Waals surface area contributed by atoms with E-state index in [2.05, 4.69) is 129 Å². The zero-order valence-electron chi connectivity index (χ0n) is 16.3. The van der Waals surface area contributed by atoms with Gasteiger partial charge in [0.2, 0.25) is 0 Å². The largest absolute Gasteiger partial charge is 0.0616 e. The summed E-state index contributed by atoms with van der Waals surface area (Å²) in [5, 5.41) is 0. The molecule has 0 amide bonds. The van der Waals surface area contributed by atoms with Crippen molar-refractivity contribution in [1.29, 1.82) is 0 Å². The van der Waals surface area contributed by atoms with Gasteiger partial charge in [-0.1, -0.05) is 141 Å². The molecule has 0 bridgehead atoms. The van der Waals surface area contributed by atoms with Gasteiger partial charge < -0.3 is 0 Å². The molecule has 2 heteroatoms. The average molecular weight is 516 g/mol. The summed E-state index contributed by atoms with van der Waals surface area (Å²) in [7, 11) is 0. The molecule has 0 unspecified atom stereocenters. The molecule has 0 N–H and O–H groups in total. The van der Waals surface area contributed by atoms with E-state index < -0.39 is 0 Å². The van der Waals surface area contributed by atoms with E-state index in [9.17, 15) is 0 Å².